The molecule has 1 aromatic rings. The molecule has 0 radical (unpaired) electrons. The third-order valence-corrected chi connectivity index (χ3v) is 2.44. The molecule has 74 valence electrons. The Labute approximate surface area is 87.4 Å². The van der Waals surface area contributed by atoms with Crippen molar-refractivity contribution in [2.24, 2.45) is 0 Å². The predicted octanol–water partition coefficient (Wildman–Crippen LogP) is -0.542. The van der Waals surface area contributed by atoms with Crippen molar-refractivity contribution >= 4 is 0 Å². The highest BCUT2D eigenvalue weighted by Crippen LogP contribution is 2.21. The summed E-state index contributed by atoms with van der Waals surface area (Å²) in [6, 6.07) is 11.2. The van der Waals surface area contributed by atoms with Gasteiger partial charge in [-0.2, -0.15) is 0 Å². The van der Waals surface area contributed by atoms with E-state index < -0.39 is 0 Å². The first kappa shape index (κ1) is 12.5. The van der Waals surface area contributed by atoms with Crippen LogP contribution in [-0.2, 0) is 0 Å². The molecule has 13 heavy (non-hydrogen) atoms. The lowest BCUT2D eigenvalue weighted by Crippen LogP contribution is -3.00. The van der Waals surface area contributed by atoms with Crippen LogP contribution in [0.15, 0.2) is 30.3 Å². The zero-order valence-electron chi connectivity index (χ0n) is 8.79. The highest BCUT2D eigenvalue weighted by atomic mass is 35.5. The number of benzene rings is 1. The zero-order valence-corrected chi connectivity index (χ0v) is 9.55. The minimum absolute atomic E-state index is 0. The molecule has 0 aliphatic carbocycles. The average Bonchev–Trinajstić information content (AvgIpc) is 2.03. The summed E-state index contributed by atoms with van der Waals surface area (Å²) in [4.78, 5) is 0. The largest absolute Gasteiger partial charge is 1.00 e. The third kappa shape index (κ3) is 3.37. The van der Waals surface area contributed by atoms with Crippen LogP contribution in [0.5, 0.6) is 0 Å². The lowest BCUT2D eigenvalue weighted by atomic mass is 10.1. The fraction of sp³-hybridized carbons (Fsp3) is 0.455. The van der Waals surface area contributed by atoms with E-state index in [0.29, 0.717) is 6.04 Å². The minimum Gasteiger partial charge on any atom is -1.00 e. The monoisotopic (exact) mass is 199 g/mol. The molecule has 0 aliphatic heterocycles. The molecule has 0 fully saturated rings. The third-order valence-electron chi connectivity index (χ3n) is 2.44. The van der Waals surface area contributed by atoms with Crippen LogP contribution in [0.4, 0.5) is 0 Å². The molecule has 0 bridgehead atoms. The van der Waals surface area contributed by atoms with Crippen molar-refractivity contribution in [2.75, 3.05) is 21.1 Å². The maximum atomic E-state index is 2.26. The van der Waals surface area contributed by atoms with E-state index in [4.69, 9.17) is 0 Å². The predicted molar refractivity (Wildman–Crippen MR) is 52.9 cm³/mol. The standard InChI is InChI=1S/C11H18N.ClH/c1-10(12(2,3)4)11-8-6-5-7-9-11;/h5-10H,1-4H3;1H/q+1;/p-1/t10-;/m0./s1. The Balaban J connectivity index is 0.00000144. The normalized spacial score (nSPS) is 13.2. The second-order valence-electron chi connectivity index (χ2n) is 4.20. The maximum absolute atomic E-state index is 2.26. The van der Waals surface area contributed by atoms with Gasteiger partial charge in [-0.15, -0.1) is 0 Å². The van der Waals surface area contributed by atoms with E-state index >= 15 is 0 Å². The molecular weight excluding hydrogens is 182 g/mol. The summed E-state index contributed by atoms with van der Waals surface area (Å²) in [7, 11) is 6.66. The maximum Gasteiger partial charge on any atom is 0.111 e. The molecule has 1 nitrogen and oxygen atoms in total. The molecule has 0 saturated heterocycles. The van der Waals surface area contributed by atoms with E-state index in [1.165, 1.54) is 5.56 Å². The summed E-state index contributed by atoms with van der Waals surface area (Å²) in [5.41, 5.74) is 1.41. The van der Waals surface area contributed by atoms with Crippen LogP contribution in [0.1, 0.15) is 18.5 Å². The number of quaternary nitrogens is 1. The first-order valence-corrected chi connectivity index (χ1v) is 4.38. The fourth-order valence-electron chi connectivity index (χ4n) is 1.18. The van der Waals surface area contributed by atoms with Crippen LogP contribution in [0.2, 0.25) is 0 Å². The molecule has 0 amide bonds. The molecule has 0 saturated carbocycles. The molecule has 0 N–H and O–H groups in total. The number of rotatable bonds is 2. The van der Waals surface area contributed by atoms with Gasteiger partial charge in [0.05, 0.1) is 21.1 Å². The first-order chi connectivity index (χ1) is 5.52. The summed E-state index contributed by atoms with van der Waals surface area (Å²) in [5.74, 6) is 0. The highest BCUT2D eigenvalue weighted by Gasteiger charge is 2.19. The Morgan fingerprint density at radius 1 is 1.00 bits per heavy atom. The van der Waals surface area contributed by atoms with E-state index in [2.05, 4.69) is 58.4 Å². The number of hydrogen-bond donors (Lipinski definition) is 0. The molecule has 0 unspecified atom stereocenters. The number of halogens is 1. The molecule has 0 spiro atoms. The Bertz CT molecular complexity index is 238. The second kappa shape index (κ2) is 4.64. The Hall–Kier alpha value is -0.530. The van der Waals surface area contributed by atoms with Gasteiger partial charge in [0, 0.05) is 5.56 Å². The van der Waals surface area contributed by atoms with Gasteiger partial charge in [0.25, 0.3) is 0 Å². The summed E-state index contributed by atoms with van der Waals surface area (Å²) in [6.07, 6.45) is 0. The summed E-state index contributed by atoms with van der Waals surface area (Å²) < 4.78 is 0.976. The van der Waals surface area contributed by atoms with Crippen molar-refractivity contribution < 1.29 is 16.9 Å². The molecular formula is C11H18ClN. The van der Waals surface area contributed by atoms with E-state index in [9.17, 15) is 0 Å². The minimum atomic E-state index is 0. The van der Waals surface area contributed by atoms with Crippen LogP contribution in [0.25, 0.3) is 0 Å². The zero-order chi connectivity index (χ0) is 9.19. The summed E-state index contributed by atoms with van der Waals surface area (Å²) in [6.45, 7) is 2.26. The van der Waals surface area contributed by atoms with Crippen molar-refractivity contribution in [3.05, 3.63) is 35.9 Å². The highest BCUT2D eigenvalue weighted by molar-refractivity contribution is 5.16. The summed E-state index contributed by atoms with van der Waals surface area (Å²) >= 11 is 0. The van der Waals surface area contributed by atoms with Gasteiger partial charge in [-0.3, -0.25) is 0 Å². The van der Waals surface area contributed by atoms with Gasteiger partial charge in [-0.05, 0) is 6.92 Å². The Morgan fingerprint density at radius 2 is 1.46 bits per heavy atom. The molecule has 0 aliphatic rings. The van der Waals surface area contributed by atoms with E-state index in [0.717, 1.165) is 4.48 Å². The van der Waals surface area contributed by atoms with Crippen LogP contribution >= 0.6 is 0 Å². The Kier molecular flexibility index (Phi) is 4.45. The van der Waals surface area contributed by atoms with Gasteiger partial charge in [0.15, 0.2) is 0 Å². The smallest absolute Gasteiger partial charge is 0.111 e. The van der Waals surface area contributed by atoms with Crippen molar-refractivity contribution in [2.45, 2.75) is 13.0 Å². The summed E-state index contributed by atoms with van der Waals surface area (Å²) in [5, 5.41) is 0. The molecule has 0 heterocycles. The van der Waals surface area contributed by atoms with Gasteiger partial charge in [0.1, 0.15) is 6.04 Å². The molecule has 0 aromatic heterocycles. The lowest BCUT2D eigenvalue weighted by Gasteiger charge is -2.31. The van der Waals surface area contributed by atoms with E-state index in [1.54, 1.807) is 0 Å². The quantitative estimate of drug-likeness (QED) is 0.562. The van der Waals surface area contributed by atoms with Gasteiger partial charge in [-0.25, -0.2) is 0 Å². The van der Waals surface area contributed by atoms with Gasteiger partial charge in [0.2, 0.25) is 0 Å². The fourth-order valence-corrected chi connectivity index (χ4v) is 1.18. The molecule has 2 heteroatoms. The van der Waals surface area contributed by atoms with Gasteiger partial charge >= 0.3 is 0 Å². The first-order valence-electron chi connectivity index (χ1n) is 4.38. The molecule has 1 aromatic carbocycles. The lowest BCUT2D eigenvalue weighted by molar-refractivity contribution is -0.900. The average molecular weight is 200 g/mol. The van der Waals surface area contributed by atoms with Crippen molar-refractivity contribution in [3.63, 3.8) is 0 Å². The molecule has 1 rings (SSSR count). The second-order valence-corrected chi connectivity index (χ2v) is 4.20. The van der Waals surface area contributed by atoms with Crippen molar-refractivity contribution in [1.29, 1.82) is 0 Å². The SMILES string of the molecule is C[C@@H](c1ccccc1)[N+](C)(C)C.[Cl-]. The topological polar surface area (TPSA) is 0 Å². The van der Waals surface area contributed by atoms with Crippen LogP contribution in [0.3, 0.4) is 0 Å². The van der Waals surface area contributed by atoms with Crippen molar-refractivity contribution in [1.82, 2.24) is 0 Å². The van der Waals surface area contributed by atoms with Crippen molar-refractivity contribution in [3.8, 4) is 0 Å². The number of hydrogen-bond acceptors (Lipinski definition) is 0. The molecule has 1 atom stereocenters. The Morgan fingerprint density at radius 3 is 1.85 bits per heavy atom. The van der Waals surface area contributed by atoms with Crippen LogP contribution in [-0.4, -0.2) is 25.6 Å². The van der Waals surface area contributed by atoms with Gasteiger partial charge < -0.3 is 16.9 Å². The van der Waals surface area contributed by atoms with Gasteiger partial charge in [-0.1, -0.05) is 30.3 Å². The van der Waals surface area contributed by atoms with E-state index in [-0.39, 0.29) is 12.4 Å². The van der Waals surface area contributed by atoms with Crippen LogP contribution < -0.4 is 12.4 Å². The van der Waals surface area contributed by atoms with E-state index in [1.807, 2.05) is 0 Å². The van der Waals surface area contributed by atoms with Crippen LogP contribution in [0, 0.1) is 0 Å². The number of nitrogens with zero attached hydrogens (tertiary/aromatic N) is 1.